The molecule has 4 aromatic rings. The van der Waals surface area contributed by atoms with Gasteiger partial charge >= 0.3 is 0 Å². The Balaban J connectivity index is 1.85. The first-order valence-electron chi connectivity index (χ1n) is 17.4. The van der Waals surface area contributed by atoms with E-state index in [1.165, 1.54) is 22.3 Å². The van der Waals surface area contributed by atoms with Crippen molar-refractivity contribution in [3.05, 3.63) is 140 Å². The molecule has 0 fully saturated rings. The number of rotatable bonds is 1. The van der Waals surface area contributed by atoms with Gasteiger partial charge in [0, 0.05) is 33.4 Å². The lowest BCUT2D eigenvalue weighted by Gasteiger charge is -2.25. The molecule has 0 bridgehead atoms. The predicted octanol–water partition coefficient (Wildman–Crippen LogP) is 11.1. The van der Waals surface area contributed by atoms with Gasteiger partial charge in [-0.25, -0.2) is 0 Å². The molecule has 1 nitrogen and oxygen atoms in total. The molecule has 0 aliphatic rings. The number of hydrogen-bond acceptors (Lipinski definition) is 1. The highest BCUT2D eigenvalue weighted by molar-refractivity contribution is 5.56. The zero-order valence-corrected chi connectivity index (χ0v) is 32.0. The van der Waals surface area contributed by atoms with E-state index in [0.717, 1.165) is 38.9 Å². The summed E-state index contributed by atoms with van der Waals surface area (Å²) in [5.41, 5.74) is 11.6. The summed E-state index contributed by atoms with van der Waals surface area (Å²) in [6.45, 7) is 28.7. The fourth-order valence-corrected chi connectivity index (χ4v) is 5.25. The third kappa shape index (κ3) is 10.5. The van der Waals surface area contributed by atoms with Gasteiger partial charge in [-0.2, -0.15) is 0 Å². The molecule has 1 atom stereocenters. The second-order valence-electron chi connectivity index (χ2n) is 17.4. The van der Waals surface area contributed by atoms with Crippen LogP contribution in [0.5, 0.6) is 0 Å². The summed E-state index contributed by atoms with van der Waals surface area (Å²) in [5, 5.41) is 9.91. The van der Waals surface area contributed by atoms with Gasteiger partial charge in [0.05, 0.1) is 6.10 Å². The molecular formula is C48H54O. The molecule has 0 radical (unpaired) electrons. The Morgan fingerprint density at radius 2 is 0.612 bits per heavy atom. The Kier molecular flexibility index (Phi) is 10.8. The van der Waals surface area contributed by atoms with E-state index in [9.17, 15) is 5.11 Å². The van der Waals surface area contributed by atoms with E-state index < -0.39 is 6.10 Å². The van der Waals surface area contributed by atoms with E-state index in [4.69, 9.17) is 0 Å². The minimum absolute atomic E-state index is 0.0144. The first kappa shape index (κ1) is 37.3. The Bertz CT molecular complexity index is 1830. The summed E-state index contributed by atoms with van der Waals surface area (Å²) in [5.74, 6) is 20.5. The fourth-order valence-electron chi connectivity index (χ4n) is 5.25. The molecule has 1 heteroatoms. The van der Waals surface area contributed by atoms with Gasteiger partial charge in [0.2, 0.25) is 0 Å². The zero-order valence-electron chi connectivity index (χ0n) is 32.0. The summed E-state index contributed by atoms with van der Waals surface area (Å²) in [6.07, 6.45) is -0.509. The third-order valence-electron chi connectivity index (χ3n) is 8.71. The van der Waals surface area contributed by atoms with Crippen LogP contribution in [0.25, 0.3) is 0 Å². The van der Waals surface area contributed by atoms with Crippen LogP contribution in [-0.2, 0) is 21.7 Å². The van der Waals surface area contributed by atoms with Gasteiger partial charge in [0.25, 0.3) is 0 Å². The van der Waals surface area contributed by atoms with Crippen molar-refractivity contribution in [1.82, 2.24) is 0 Å². The van der Waals surface area contributed by atoms with Crippen LogP contribution in [-0.4, -0.2) is 5.11 Å². The SMILES string of the molecule is CC(O)c1ccc(C#Cc2cc(C#Cc3cc(C(C)(C)C)cc(C(C)(C)C)c3)cc(C#Cc3cc(C(C)(C)C)cc(C(C)(C)C)c3)c2)cc1. The summed E-state index contributed by atoms with van der Waals surface area (Å²) in [7, 11) is 0. The number of aliphatic hydroxyl groups excluding tert-OH is 1. The van der Waals surface area contributed by atoms with Crippen molar-refractivity contribution in [2.24, 2.45) is 0 Å². The highest BCUT2D eigenvalue weighted by Crippen LogP contribution is 2.31. The Labute approximate surface area is 297 Å². The molecule has 1 N–H and O–H groups in total. The fraction of sp³-hybridized carbons (Fsp3) is 0.375. The van der Waals surface area contributed by atoms with E-state index in [2.05, 4.69) is 161 Å². The van der Waals surface area contributed by atoms with E-state index in [1.807, 2.05) is 36.4 Å². The lowest BCUT2D eigenvalue weighted by molar-refractivity contribution is 0.199. The predicted molar refractivity (Wildman–Crippen MR) is 209 cm³/mol. The van der Waals surface area contributed by atoms with Crippen molar-refractivity contribution in [3.8, 4) is 35.5 Å². The molecule has 1 unspecified atom stereocenters. The van der Waals surface area contributed by atoms with Gasteiger partial charge in [-0.15, -0.1) is 0 Å². The molecule has 0 aliphatic carbocycles. The van der Waals surface area contributed by atoms with Crippen LogP contribution < -0.4 is 0 Å². The highest BCUT2D eigenvalue weighted by Gasteiger charge is 2.21. The number of aliphatic hydroxyl groups is 1. The molecule has 0 amide bonds. The summed E-state index contributed by atoms with van der Waals surface area (Å²) in [4.78, 5) is 0. The lowest BCUT2D eigenvalue weighted by Crippen LogP contribution is -2.16. The van der Waals surface area contributed by atoms with Crippen molar-refractivity contribution >= 4 is 0 Å². The Morgan fingerprint density at radius 1 is 0.367 bits per heavy atom. The second kappa shape index (κ2) is 14.2. The quantitative estimate of drug-likeness (QED) is 0.204. The van der Waals surface area contributed by atoms with Crippen LogP contribution in [0, 0.1) is 35.5 Å². The van der Waals surface area contributed by atoms with Gasteiger partial charge in [-0.1, -0.05) is 143 Å². The topological polar surface area (TPSA) is 20.2 Å². The first-order chi connectivity index (χ1) is 22.6. The van der Waals surface area contributed by atoms with E-state index in [0.29, 0.717) is 0 Å². The van der Waals surface area contributed by atoms with Crippen molar-refractivity contribution < 1.29 is 5.11 Å². The van der Waals surface area contributed by atoms with Crippen LogP contribution in [0.4, 0.5) is 0 Å². The highest BCUT2D eigenvalue weighted by atomic mass is 16.3. The zero-order chi connectivity index (χ0) is 36.4. The number of benzene rings is 4. The molecule has 0 saturated carbocycles. The van der Waals surface area contributed by atoms with Crippen LogP contribution >= 0.6 is 0 Å². The molecule has 0 aromatic heterocycles. The lowest BCUT2D eigenvalue weighted by atomic mass is 9.79. The molecule has 0 spiro atoms. The molecular weight excluding hydrogens is 593 g/mol. The molecule has 49 heavy (non-hydrogen) atoms. The molecule has 252 valence electrons. The van der Waals surface area contributed by atoms with Crippen molar-refractivity contribution in [2.75, 3.05) is 0 Å². The maximum Gasteiger partial charge on any atom is 0.0761 e. The van der Waals surface area contributed by atoms with E-state index >= 15 is 0 Å². The molecule has 0 aliphatic heterocycles. The summed E-state index contributed by atoms with van der Waals surface area (Å²) in [6, 6.07) is 27.4. The first-order valence-corrected chi connectivity index (χ1v) is 17.4. The smallest absolute Gasteiger partial charge is 0.0761 e. The van der Waals surface area contributed by atoms with Crippen LogP contribution in [0.2, 0.25) is 0 Å². The molecule has 0 heterocycles. The minimum Gasteiger partial charge on any atom is -0.389 e. The third-order valence-corrected chi connectivity index (χ3v) is 8.71. The van der Waals surface area contributed by atoms with Crippen LogP contribution in [0.3, 0.4) is 0 Å². The van der Waals surface area contributed by atoms with Crippen LogP contribution in [0.1, 0.15) is 157 Å². The van der Waals surface area contributed by atoms with Gasteiger partial charge in [-0.3, -0.25) is 0 Å². The Hall–Kier alpha value is -4.48. The maximum atomic E-state index is 9.91. The van der Waals surface area contributed by atoms with Gasteiger partial charge in [-0.05, 0) is 111 Å². The average Bonchev–Trinajstić information content (AvgIpc) is 3.00. The largest absolute Gasteiger partial charge is 0.389 e. The molecule has 4 rings (SSSR count). The van der Waals surface area contributed by atoms with Crippen LogP contribution in [0.15, 0.2) is 78.9 Å². The Morgan fingerprint density at radius 3 is 0.857 bits per heavy atom. The summed E-state index contributed by atoms with van der Waals surface area (Å²) < 4.78 is 0. The van der Waals surface area contributed by atoms with E-state index in [-0.39, 0.29) is 21.7 Å². The second-order valence-corrected chi connectivity index (χ2v) is 17.4. The summed E-state index contributed by atoms with van der Waals surface area (Å²) >= 11 is 0. The van der Waals surface area contributed by atoms with Crippen molar-refractivity contribution in [1.29, 1.82) is 0 Å². The molecule has 0 saturated heterocycles. The monoisotopic (exact) mass is 646 g/mol. The van der Waals surface area contributed by atoms with Gasteiger partial charge in [0.1, 0.15) is 0 Å². The van der Waals surface area contributed by atoms with E-state index in [1.54, 1.807) is 6.92 Å². The minimum atomic E-state index is -0.509. The van der Waals surface area contributed by atoms with Gasteiger partial charge in [0.15, 0.2) is 0 Å². The normalized spacial score (nSPS) is 12.5. The average molecular weight is 647 g/mol. The number of hydrogen-bond donors (Lipinski definition) is 1. The van der Waals surface area contributed by atoms with Gasteiger partial charge < -0.3 is 5.11 Å². The maximum absolute atomic E-state index is 9.91. The van der Waals surface area contributed by atoms with Crippen molar-refractivity contribution in [3.63, 3.8) is 0 Å². The molecule has 4 aromatic carbocycles. The standard InChI is InChI=1S/C48H54O/c1-33(49)40-22-20-34(21-23-40)14-15-35-24-36(16-18-38-27-41(45(2,3)4)31-42(28-38)46(5,6)7)26-37(25-35)17-19-39-29-43(47(8,9)10)32-44(30-39)48(11,12)13/h20-33,49H,1-13H3. The van der Waals surface area contributed by atoms with Crippen molar-refractivity contribution in [2.45, 2.75) is 118 Å².